The van der Waals surface area contributed by atoms with Crippen molar-refractivity contribution in [1.29, 1.82) is 0 Å². The van der Waals surface area contributed by atoms with Crippen molar-refractivity contribution >= 4 is 11.8 Å². The molecule has 1 saturated heterocycles. The highest BCUT2D eigenvalue weighted by Gasteiger charge is 2.27. The van der Waals surface area contributed by atoms with Gasteiger partial charge in [0.1, 0.15) is 11.4 Å². The summed E-state index contributed by atoms with van der Waals surface area (Å²) < 4.78 is 1.50. The van der Waals surface area contributed by atoms with Gasteiger partial charge in [-0.15, -0.1) is 0 Å². The molecule has 0 bridgehead atoms. The average Bonchev–Trinajstić information content (AvgIpc) is 3.57. The van der Waals surface area contributed by atoms with Gasteiger partial charge in [0.05, 0.1) is 11.9 Å². The number of aryl methyl sites for hydroxylation is 2. The number of rotatable bonds is 7. The Bertz CT molecular complexity index is 1520. The smallest absolute Gasteiger partial charge is 0.341 e. The molecule has 1 atom stereocenters. The first-order valence-electron chi connectivity index (χ1n) is 14.1. The van der Waals surface area contributed by atoms with Crippen LogP contribution in [0, 0.1) is 0 Å². The van der Waals surface area contributed by atoms with Crippen molar-refractivity contribution in [2.75, 3.05) is 18.8 Å². The number of carboxylic acids is 1. The first-order chi connectivity index (χ1) is 19.0. The van der Waals surface area contributed by atoms with Gasteiger partial charge in [0.25, 0.3) is 0 Å². The topological polar surface area (TPSA) is 93.2 Å². The van der Waals surface area contributed by atoms with Gasteiger partial charge in [-0.1, -0.05) is 55.5 Å². The van der Waals surface area contributed by atoms with Crippen LogP contribution in [-0.2, 0) is 19.3 Å². The summed E-state index contributed by atoms with van der Waals surface area (Å²) in [7, 11) is 0. The van der Waals surface area contributed by atoms with Crippen LogP contribution in [0.1, 0.15) is 76.2 Å². The second kappa shape index (κ2) is 10.7. The Morgan fingerprint density at radius 2 is 1.90 bits per heavy atom. The monoisotopic (exact) mass is 520 g/mol. The first-order valence-corrected chi connectivity index (χ1v) is 14.1. The van der Waals surface area contributed by atoms with Crippen molar-refractivity contribution in [3.63, 3.8) is 0 Å². The highest BCUT2D eigenvalue weighted by molar-refractivity contribution is 5.92. The maximum atomic E-state index is 11.5. The summed E-state index contributed by atoms with van der Waals surface area (Å²) in [6.45, 7) is 4.52. The summed E-state index contributed by atoms with van der Waals surface area (Å²) in [4.78, 5) is 11.5. The van der Waals surface area contributed by atoms with E-state index < -0.39 is 5.97 Å². The summed E-state index contributed by atoms with van der Waals surface area (Å²) in [5, 5.41) is 17.1. The predicted octanol–water partition coefficient (Wildman–Crippen LogP) is 6.12. The van der Waals surface area contributed by atoms with Crippen molar-refractivity contribution < 1.29 is 9.90 Å². The quantitative estimate of drug-likeness (QED) is 0.273. The third-order valence-corrected chi connectivity index (χ3v) is 8.65. The number of aromatic nitrogens is 2. The van der Waals surface area contributed by atoms with E-state index in [0.717, 1.165) is 50.0 Å². The lowest BCUT2D eigenvalue weighted by atomic mass is 9.83. The van der Waals surface area contributed by atoms with Crippen LogP contribution >= 0.6 is 0 Å². The molecule has 1 unspecified atom stereocenters. The lowest BCUT2D eigenvalue weighted by molar-refractivity contribution is 0.0698. The molecule has 0 amide bonds. The minimum absolute atomic E-state index is 0.0127. The zero-order chi connectivity index (χ0) is 26.9. The highest BCUT2D eigenvalue weighted by Crippen LogP contribution is 2.42. The number of aromatic carboxylic acids is 1. The van der Waals surface area contributed by atoms with Crippen molar-refractivity contribution in [2.24, 2.45) is 0 Å². The van der Waals surface area contributed by atoms with Gasteiger partial charge < -0.3 is 16.2 Å². The number of carboxylic acid groups (broad SMARTS) is 1. The zero-order valence-electron chi connectivity index (χ0n) is 22.5. The fourth-order valence-electron chi connectivity index (χ4n) is 6.68. The van der Waals surface area contributed by atoms with Gasteiger partial charge in [-0.3, -0.25) is 0 Å². The Hall–Kier alpha value is -3.90. The number of carbonyl (C=O) groups is 1. The number of nitrogens with two attached hydrogens (primary N) is 1. The third-order valence-electron chi connectivity index (χ3n) is 8.65. The number of benzene rings is 3. The molecule has 2 heterocycles. The van der Waals surface area contributed by atoms with E-state index in [2.05, 4.69) is 65.9 Å². The summed E-state index contributed by atoms with van der Waals surface area (Å²) >= 11 is 0. The van der Waals surface area contributed by atoms with Gasteiger partial charge in [0, 0.05) is 0 Å². The maximum Gasteiger partial charge on any atom is 0.341 e. The summed E-state index contributed by atoms with van der Waals surface area (Å²) in [6, 6.07) is 22.0. The van der Waals surface area contributed by atoms with E-state index >= 15 is 0 Å². The van der Waals surface area contributed by atoms with Gasteiger partial charge in [-0.25, -0.2) is 9.48 Å². The number of anilines is 1. The molecular weight excluding hydrogens is 484 g/mol. The van der Waals surface area contributed by atoms with Gasteiger partial charge in [-0.2, -0.15) is 5.10 Å². The average molecular weight is 521 g/mol. The number of fused-ring (bicyclic) bond motifs is 1. The fraction of sp³-hybridized carbons (Fsp3) is 0.333. The molecule has 3 aromatic carbocycles. The molecule has 0 radical (unpaired) electrons. The number of nitrogens with one attached hydrogen (secondary N) is 1. The Morgan fingerprint density at radius 3 is 2.67 bits per heavy atom. The first kappa shape index (κ1) is 25.4. The molecule has 6 heteroatoms. The molecule has 200 valence electrons. The molecule has 1 aliphatic heterocycles. The van der Waals surface area contributed by atoms with Crippen molar-refractivity contribution in [1.82, 2.24) is 15.1 Å². The second-order valence-corrected chi connectivity index (χ2v) is 10.9. The molecule has 0 saturated carbocycles. The minimum Gasteiger partial charge on any atom is -0.477 e. The highest BCUT2D eigenvalue weighted by atomic mass is 16.4. The van der Waals surface area contributed by atoms with E-state index in [1.807, 2.05) is 12.1 Å². The molecular formula is C33H36N4O2. The van der Waals surface area contributed by atoms with E-state index in [4.69, 9.17) is 5.73 Å². The van der Waals surface area contributed by atoms with Crippen LogP contribution < -0.4 is 11.1 Å². The number of nitrogen functional groups attached to an aromatic ring is 1. The van der Waals surface area contributed by atoms with E-state index in [-0.39, 0.29) is 11.4 Å². The van der Waals surface area contributed by atoms with Crippen LogP contribution in [0.3, 0.4) is 0 Å². The van der Waals surface area contributed by atoms with Gasteiger partial charge >= 0.3 is 5.97 Å². The van der Waals surface area contributed by atoms with Gasteiger partial charge in [0.2, 0.25) is 0 Å². The molecule has 6 nitrogen and oxygen atoms in total. The molecule has 1 fully saturated rings. The third kappa shape index (κ3) is 4.85. The number of hydrogen-bond acceptors (Lipinski definition) is 4. The number of piperidine rings is 1. The van der Waals surface area contributed by atoms with Crippen LogP contribution in [0.4, 0.5) is 5.82 Å². The standard InChI is InChI=1S/C33H36N4O2/c1-2-22-17-21(9-12-28(22)23-13-15-35-16-14-23)18-26-11-10-24-5-4-8-29(31(24)26)25-6-3-7-27(19-25)37-32(34)30(20-36-37)33(38)39/h3-9,12,17,19-20,23,26,35H,2,10-11,13-16,18,34H2,1H3,(H,38,39). The van der Waals surface area contributed by atoms with Crippen LogP contribution in [0.15, 0.2) is 66.9 Å². The number of hydrogen-bond donors (Lipinski definition) is 3. The SMILES string of the molecule is CCc1cc(CC2CCc3cccc(-c4cccc(-n5ncc(C(=O)O)c5N)c4)c32)ccc1C1CCNCC1. The van der Waals surface area contributed by atoms with Gasteiger partial charge in [-0.05, 0) is 115 Å². The van der Waals surface area contributed by atoms with E-state index in [1.165, 1.54) is 51.5 Å². The predicted molar refractivity (Wildman–Crippen MR) is 156 cm³/mol. The Morgan fingerprint density at radius 1 is 1.08 bits per heavy atom. The summed E-state index contributed by atoms with van der Waals surface area (Å²) in [6.07, 6.45) is 8.12. The largest absolute Gasteiger partial charge is 0.477 e. The van der Waals surface area contributed by atoms with Crippen LogP contribution in [0.25, 0.3) is 16.8 Å². The Labute approximate surface area is 229 Å². The van der Waals surface area contributed by atoms with Crippen LogP contribution in [0.2, 0.25) is 0 Å². The Kier molecular flexibility index (Phi) is 6.96. The lowest BCUT2D eigenvalue weighted by Crippen LogP contribution is -2.27. The molecule has 4 aromatic rings. The van der Waals surface area contributed by atoms with Crippen molar-refractivity contribution in [2.45, 2.75) is 57.3 Å². The maximum absolute atomic E-state index is 11.5. The molecule has 39 heavy (non-hydrogen) atoms. The van der Waals surface area contributed by atoms with Crippen molar-refractivity contribution in [3.8, 4) is 16.8 Å². The summed E-state index contributed by atoms with van der Waals surface area (Å²) in [5.74, 6) is 0.198. The molecule has 4 N–H and O–H groups in total. The molecule has 1 aromatic heterocycles. The van der Waals surface area contributed by atoms with Crippen molar-refractivity contribution in [3.05, 3.63) is 100 Å². The molecule has 0 spiro atoms. The Balaban J connectivity index is 1.31. The van der Waals surface area contributed by atoms with E-state index in [9.17, 15) is 9.90 Å². The van der Waals surface area contributed by atoms with Crippen LogP contribution in [-0.4, -0.2) is 33.9 Å². The second-order valence-electron chi connectivity index (χ2n) is 10.9. The molecule has 2 aliphatic rings. The fourth-order valence-corrected chi connectivity index (χ4v) is 6.68. The lowest BCUT2D eigenvalue weighted by Gasteiger charge is -2.26. The molecule has 6 rings (SSSR count). The van der Waals surface area contributed by atoms with E-state index in [1.54, 1.807) is 5.56 Å². The minimum atomic E-state index is -1.08. The summed E-state index contributed by atoms with van der Waals surface area (Å²) in [5.41, 5.74) is 16.6. The number of nitrogens with zero attached hydrogens (tertiary/aromatic N) is 2. The zero-order valence-corrected chi connectivity index (χ0v) is 22.5. The van der Waals surface area contributed by atoms with E-state index in [0.29, 0.717) is 11.8 Å². The van der Waals surface area contributed by atoms with Gasteiger partial charge in [0.15, 0.2) is 0 Å². The normalized spacial score (nSPS) is 17.3. The molecule has 1 aliphatic carbocycles. The van der Waals surface area contributed by atoms with Crippen LogP contribution in [0.5, 0.6) is 0 Å².